The van der Waals surface area contributed by atoms with Gasteiger partial charge in [-0.05, 0) is 43.7 Å². The first-order valence-electron chi connectivity index (χ1n) is 6.13. The summed E-state index contributed by atoms with van der Waals surface area (Å²) in [5.74, 6) is 0.407. The van der Waals surface area contributed by atoms with Gasteiger partial charge in [-0.3, -0.25) is 0 Å². The van der Waals surface area contributed by atoms with Crippen molar-refractivity contribution in [3.8, 4) is 0 Å². The molecule has 1 aliphatic heterocycles. The zero-order chi connectivity index (χ0) is 12.0. The molecular weight excluding hydrogens is 215 g/mol. The Kier molecular flexibility index (Phi) is 2.44. The highest BCUT2D eigenvalue weighted by atomic mass is 19.1. The van der Waals surface area contributed by atoms with Crippen LogP contribution in [0.4, 0.5) is 4.39 Å². The Morgan fingerprint density at radius 2 is 2.24 bits per heavy atom. The summed E-state index contributed by atoms with van der Waals surface area (Å²) in [6.45, 7) is 4.27. The normalized spacial score (nSPS) is 20.3. The Hall–Kier alpha value is -1.35. The molecule has 0 radical (unpaired) electrons. The molecule has 3 heteroatoms. The fourth-order valence-corrected chi connectivity index (χ4v) is 3.09. The maximum Gasteiger partial charge on any atom is 0.125 e. The lowest BCUT2D eigenvalue weighted by molar-refractivity contribution is 0.628. The first kappa shape index (κ1) is 10.8. The van der Waals surface area contributed by atoms with E-state index < -0.39 is 0 Å². The van der Waals surface area contributed by atoms with Crippen LogP contribution in [0.5, 0.6) is 0 Å². The Morgan fingerprint density at radius 3 is 2.94 bits per heavy atom. The van der Waals surface area contributed by atoms with Gasteiger partial charge in [0, 0.05) is 30.6 Å². The number of aromatic nitrogens is 1. The van der Waals surface area contributed by atoms with E-state index in [-0.39, 0.29) is 5.82 Å². The van der Waals surface area contributed by atoms with Crippen LogP contribution in [0, 0.1) is 12.7 Å². The average molecular weight is 232 g/mol. The number of nitrogens with one attached hydrogen (secondary N) is 1. The van der Waals surface area contributed by atoms with Gasteiger partial charge in [0.25, 0.3) is 0 Å². The minimum Gasteiger partial charge on any atom is -0.347 e. The number of hydrogen-bond acceptors (Lipinski definition) is 1. The fourth-order valence-electron chi connectivity index (χ4n) is 3.09. The van der Waals surface area contributed by atoms with Crippen molar-refractivity contribution in [3.05, 3.63) is 35.3 Å². The molecule has 1 aromatic heterocycles. The predicted molar refractivity (Wildman–Crippen MR) is 67.8 cm³/mol. The van der Waals surface area contributed by atoms with Crippen LogP contribution in [0.2, 0.25) is 0 Å². The third-order valence-electron chi connectivity index (χ3n) is 3.92. The minimum absolute atomic E-state index is 0.158. The summed E-state index contributed by atoms with van der Waals surface area (Å²) >= 11 is 0. The average Bonchev–Trinajstić information content (AvgIpc) is 2.88. The van der Waals surface area contributed by atoms with E-state index in [0.29, 0.717) is 5.92 Å². The van der Waals surface area contributed by atoms with Crippen molar-refractivity contribution in [1.29, 1.82) is 0 Å². The molecule has 17 heavy (non-hydrogen) atoms. The molecule has 1 atom stereocenters. The zero-order valence-corrected chi connectivity index (χ0v) is 10.3. The predicted octanol–water partition coefficient (Wildman–Crippen LogP) is 2.70. The molecular formula is C14H17FN2. The smallest absolute Gasteiger partial charge is 0.125 e. The molecule has 2 heterocycles. The first-order chi connectivity index (χ1) is 8.18. The molecule has 2 aromatic rings. The van der Waals surface area contributed by atoms with Gasteiger partial charge in [-0.15, -0.1) is 0 Å². The van der Waals surface area contributed by atoms with Crippen LogP contribution in [-0.2, 0) is 7.05 Å². The maximum atomic E-state index is 13.3. The third kappa shape index (κ3) is 1.57. The van der Waals surface area contributed by atoms with Gasteiger partial charge in [0.1, 0.15) is 5.82 Å². The SMILES string of the molecule is Cc1c(C2CCNC2)n(C)c2cc(F)ccc12. The summed E-state index contributed by atoms with van der Waals surface area (Å²) in [5, 5.41) is 4.57. The van der Waals surface area contributed by atoms with Crippen molar-refractivity contribution in [2.45, 2.75) is 19.3 Å². The minimum atomic E-state index is -0.158. The molecule has 0 bridgehead atoms. The summed E-state index contributed by atoms with van der Waals surface area (Å²) < 4.78 is 15.5. The third-order valence-corrected chi connectivity index (χ3v) is 3.92. The molecule has 0 saturated carbocycles. The Balaban J connectivity index is 2.24. The second kappa shape index (κ2) is 3.84. The second-order valence-electron chi connectivity index (χ2n) is 4.92. The molecule has 0 amide bonds. The molecule has 1 fully saturated rings. The van der Waals surface area contributed by atoms with Gasteiger partial charge >= 0.3 is 0 Å². The molecule has 1 aromatic carbocycles. The van der Waals surface area contributed by atoms with E-state index in [0.717, 1.165) is 18.6 Å². The highest BCUT2D eigenvalue weighted by Gasteiger charge is 2.23. The number of aryl methyl sites for hydroxylation is 2. The second-order valence-corrected chi connectivity index (χ2v) is 4.92. The lowest BCUT2D eigenvalue weighted by Crippen LogP contribution is -2.11. The van der Waals surface area contributed by atoms with Gasteiger partial charge in [-0.25, -0.2) is 4.39 Å². The fraction of sp³-hybridized carbons (Fsp3) is 0.429. The molecule has 90 valence electrons. The van der Waals surface area contributed by atoms with Crippen molar-refractivity contribution in [2.24, 2.45) is 7.05 Å². The molecule has 3 rings (SSSR count). The molecule has 1 N–H and O–H groups in total. The van der Waals surface area contributed by atoms with Crippen LogP contribution in [0.3, 0.4) is 0 Å². The van der Waals surface area contributed by atoms with Gasteiger partial charge in [0.05, 0.1) is 5.52 Å². The molecule has 1 saturated heterocycles. The van der Waals surface area contributed by atoms with Crippen molar-refractivity contribution < 1.29 is 4.39 Å². The van der Waals surface area contributed by atoms with Gasteiger partial charge in [-0.1, -0.05) is 0 Å². The Labute approximate surface area is 100 Å². The van der Waals surface area contributed by atoms with Crippen LogP contribution < -0.4 is 5.32 Å². The number of halogens is 1. The molecule has 2 nitrogen and oxygen atoms in total. The van der Waals surface area contributed by atoms with Crippen molar-refractivity contribution in [1.82, 2.24) is 9.88 Å². The summed E-state index contributed by atoms with van der Waals surface area (Å²) in [6, 6.07) is 5.08. The van der Waals surface area contributed by atoms with E-state index in [4.69, 9.17) is 0 Å². The Bertz CT molecular complexity index is 565. The van der Waals surface area contributed by atoms with Crippen LogP contribution >= 0.6 is 0 Å². The highest BCUT2D eigenvalue weighted by Crippen LogP contribution is 2.32. The van der Waals surface area contributed by atoms with Gasteiger partial charge in [0.15, 0.2) is 0 Å². The van der Waals surface area contributed by atoms with E-state index in [2.05, 4.69) is 16.8 Å². The summed E-state index contributed by atoms with van der Waals surface area (Å²) in [6.07, 6.45) is 1.17. The summed E-state index contributed by atoms with van der Waals surface area (Å²) in [5.41, 5.74) is 3.66. The lowest BCUT2D eigenvalue weighted by atomic mass is 10.0. The first-order valence-corrected chi connectivity index (χ1v) is 6.13. The topological polar surface area (TPSA) is 17.0 Å². The number of benzene rings is 1. The molecule has 0 aliphatic carbocycles. The van der Waals surface area contributed by atoms with Gasteiger partial charge in [-0.2, -0.15) is 0 Å². The summed E-state index contributed by atoms with van der Waals surface area (Å²) in [7, 11) is 2.04. The van der Waals surface area contributed by atoms with Crippen molar-refractivity contribution >= 4 is 10.9 Å². The van der Waals surface area contributed by atoms with E-state index in [1.807, 2.05) is 13.1 Å². The number of hydrogen-bond donors (Lipinski definition) is 1. The molecule has 0 spiro atoms. The standard InChI is InChI=1S/C14H17FN2/c1-9-12-4-3-11(15)7-13(12)17(2)14(9)10-5-6-16-8-10/h3-4,7,10,16H,5-6,8H2,1-2H3. The quantitative estimate of drug-likeness (QED) is 0.800. The highest BCUT2D eigenvalue weighted by molar-refractivity contribution is 5.85. The number of rotatable bonds is 1. The van der Waals surface area contributed by atoms with Crippen LogP contribution in [0.15, 0.2) is 18.2 Å². The van der Waals surface area contributed by atoms with E-state index >= 15 is 0 Å². The Morgan fingerprint density at radius 1 is 1.41 bits per heavy atom. The largest absolute Gasteiger partial charge is 0.347 e. The van der Waals surface area contributed by atoms with E-state index in [9.17, 15) is 4.39 Å². The van der Waals surface area contributed by atoms with Gasteiger partial charge in [0.2, 0.25) is 0 Å². The van der Waals surface area contributed by atoms with E-state index in [1.54, 1.807) is 12.1 Å². The molecule has 1 aliphatic rings. The zero-order valence-electron chi connectivity index (χ0n) is 10.3. The van der Waals surface area contributed by atoms with Crippen LogP contribution in [0.1, 0.15) is 23.6 Å². The molecule has 1 unspecified atom stereocenters. The van der Waals surface area contributed by atoms with Crippen molar-refractivity contribution in [3.63, 3.8) is 0 Å². The number of nitrogens with zero attached hydrogens (tertiary/aromatic N) is 1. The lowest BCUT2D eigenvalue weighted by Gasteiger charge is -2.12. The van der Waals surface area contributed by atoms with Crippen LogP contribution in [0.25, 0.3) is 10.9 Å². The maximum absolute atomic E-state index is 13.3. The van der Waals surface area contributed by atoms with E-state index in [1.165, 1.54) is 23.1 Å². The van der Waals surface area contributed by atoms with Crippen molar-refractivity contribution in [2.75, 3.05) is 13.1 Å². The van der Waals surface area contributed by atoms with Crippen LogP contribution in [-0.4, -0.2) is 17.7 Å². The van der Waals surface area contributed by atoms with Gasteiger partial charge < -0.3 is 9.88 Å². The monoisotopic (exact) mass is 232 g/mol. The number of fused-ring (bicyclic) bond motifs is 1. The summed E-state index contributed by atoms with van der Waals surface area (Å²) in [4.78, 5) is 0.